The van der Waals surface area contributed by atoms with Crippen LogP contribution in [0.25, 0.3) is 0 Å². The van der Waals surface area contributed by atoms with Crippen LogP contribution in [-0.2, 0) is 6.42 Å². The van der Waals surface area contributed by atoms with Gasteiger partial charge in [-0.3, -0.25) is 4.99 Å². The maximum atomic E-state index is 4.28. The minimum Gasteiger partial charge on any atom is -0.356 e. The van der Waals surface area contributed by atoms with Gasteiger partial charge in [0.25, 0.3) is 0 Å². The molecule has 0 saturated carbocycles. The summed E-state index contributed by atoms with van der Waals surface area (Å²) >= 11 is 0. The maximum Gasteiger partial charge on any atom is 0.191 e. The van der Waals surface area contributed by atoms with Gasteiger partial charge in [0, 0.05) is 19.6 Å². The third-order valence-corrected chi connectivity index (χ3v) is 3.85. The first-order valence-electron chi connectivity index (χ1n) is 8.04. The lowest BCUT2D eigenvalue weighted by molar-refractivity contribution is 0.616. The number of guanidine groups is 1. The van der Waals surface area contributed by atoms with E-state index in [0.29, 0.717) is 6.04 Å². The summed E-state index contributed by atoms with van der Waals surface area (Å²) in [4.78, 5) is 4.28. The van der Waals surface area contributed by atoms with Crippen molar-refractivity contribution in [2.45, 2.75) is 44.6 Å². The molecule has 0 unspecified atom stereocenters. The lowest BCUT2D eigenvalue weighted by Crippen LogP contribution is -2.42. The van der Waals surface area contributed by atoms with Crippen molar-refractivity contribution in [3.05, 3.63) is 48.0 Å². The van der Waals surface area contributed by atoms with Crippen LogP contribution in [0.2, 0.25) is 0 Å². The summed E-state index contributed by atoms with van der Waals surface area (Å²) in [5.74, 6) is 0.937. The molecule has 22 heavy (non-hydrogen) atoms. The predicted octanol–water partition coefficient (Wildman–Crippen LogP) is 3.90. The summed E-state index contributed by atoms with van der Waals surface area (Å²) in [5, 5.41) is 6.86. The molecule has 0 amide bonds. The van der Waals surface area contributed by atoms with Gasteiger partial charge in [0.1, 0.15) is 0 Å². The van der Waals surface area contributed by atoms with Crippen LogP contribution in [-0.4, -0.2) is 25.6 Å². The zero-order valence-corrected chi connectivity index (χ0v) is 15.8. The molecule has 0 radical (unpaired) electrons. The van der Waals surface area contributed by atoms with E-state index < -0.39 is 0 Å². The Kier molecular flexibility index (Phi) is 9.95. The highest BCUT2D eigenvalue weighted by atomic mass is 127. The van der Waals surface area contributed by atoms with Crippen molar-refractivity contribution in [2.24, 2.45) is 4.99 Å². The van der Waals surface area contributed by atoms with Gasteiger partial charge in [-0.25, -0.2) is 0 Å². The third kappa shape index (κ3) is 7.29. The van der Waals surface area contributed by atoms with Crippen LogP contribution in [0, 0.1) is 0 Å². The molecule has 0 saturated heterocycles. The van der Waals surface area contributed by atoms with Crippen molar-refractivity contribution in [3.63, 3.8) is 0 Å². The van der Waals surface area contributed by atoms with Crippen LogP contribution >= 0.6 is 24.0 Å². The standard InChI is InChI=1S/C18H27N3.HI/c1-19-18(21-17-13-7-8-14-17)20-15-9-3-6-12-16-10-4-2-5-11-16;/h2,4-5,7-8,10-11,17H,3,6,9,12-15H2,1H3,(H2,19,20,21);1H. The number of hydrogen-bond donors (Lipinski definition) is 2. The lowest BCUT2D eigenvalue weighted by Gasteiger charge is -2.16. The van der Waals surface area contributed by atoms with Gasteiger partial charge in [-0.1, -0.05) is 48.9 Å². The number of nitrogens with one attached hydrogen (secondary N) is 2. The van der Waals surface area contributed by atoms with Gasteiger partial charge in [-0.2, -0.15) is 0 Å². The van der Waals surface area contributed by atoms with Gasteiger partial charge in [0.15, 0.2) is 5.96 Å². The van der Waals surface area contributed by atoms with Gasteiger partial charge in [0.05, 0.1) is 0 Å². The van der Waals surface area contributed by atoms with Crippen molar-refractivity contribution in [3.8, 4) is 0 Å². The number of unbranched alkanes of at least 4 members (excludes halogenated alkanes) is 2. The van der Waals surface area contributed by atoms with Gasteiger partial charge >= 0.3 is 0 Å². The SMILES string of the molecule is CN=C(NCCCCCc1ccccc1)NC1CC=CC1.I. The number of hydrogen-bond acceptors (Lipinski definition) is 1. The van der Waals surface area contributed by atoms with Gasteiger partial charge in [0.2, 0.25) is 0 Å². The molecule has 1 aromatic rings. The van der Waals surface area contributed by atoms with Gasteiger partial charge in [-0.15, -0.1) is 24.0 Å². The zero-order valence-electron chi connectivity index (χ0n) is 13.4. The monoisotopic (exact) mass is 413 g/mol. The van der Waals surface area contributed by atoms with Crippen LogP contribution in [0.15, 0.2) is 47.5 Å². The van der Waals surface area contributed by atoms with Crippen molar-refractivity contribution >= 4 is 29.9 Å². The fourth-order valence-electron chi connectivity index (χ4n) is 2.61. The summed E-state index contributed by atoms with van der Waals surface area (Å²) in [6.07, 6.45) is 11.6. The molecule has 4 heteroatoms. The molecule has 1 aromatic carbocycles. The van der Waals surface area contributed by atoms with E-state index in [4.69, 9.17) is 0 Å². The molecule has 0 heterocycles. The summed E-state index contributed by atoms with van der Waals surface area (Å²) in [7, 11) is 1.84. The predicted molar refractivity (Wildman–Crippen MR) is 106 cm³/mol. The molecule has 1 aliphatic carbocycles. The Morgan fingerprint density at radius 3 is 2.50 bits per heavy atom. The van der Waals surface area contributed by atoms with Gasteiger partial charge in [-0.05, 0) is 37.7 Å². The van der Waals surface area contributed by atoms with E-state index in [0.717, 1.165) is 25.3 Å². The number of halogens is 1. The number of aryl methyl sites for hydroxylation is 1. The summed E-state index contributed by atoms with van der Waals surface area (Å²) in [6, 6.07) is 11.2. The van der Waals surface area contributed by atoms with Crippen LogP contribution in [0.5, 0.6) is 0 Å². The Hall–Kier alpha value is -1.04. The second-order valence-corrected chi connectivity index (χ2v) is 5.58. The van der Waals surface area contributed by atoms with Crippen molar-refractivity contribution in [2.75, 3.05) is 13.6 Å². The second-order valence-electron chi connectivity index (χ2n) is 5.58. The third-order valence-electron chi connectivity index (χ3n) is 3.85. The zero-order chi connectivity index (χ0) is 14.8. The van der Waals surface area contributed by atoms with Crippen LogP contribution < -0.4 is 10.6 Å². The molecule has 2 rings (SSSR count). The van der Waals surface area contributed by atoms with Crippen molar-refractivity contribution < 1.29 is 0 Å². The minimum absolute atomic E-state index is 0. The number of benzene rings is 1. The molecule has 0 fully saturated rings. The fourth-order valence-corrected chi connectivity index (χ4v) is 2.61. The minimum atomic E-state index is 0. The molecule has 122 valence electrons. The Morgan fingerprint density at radius 1 is 1.09 bits per heavy atom. The first-order chi connectivity index (χ1) is 10.4. The Labute approximate surface area is 151 Å². The second kappa shape index (κ2) is 11.5. The highest BCUT2D eigenvalue weighted by molar-refractivity contribution is 14.0. The highest BCUT2D eigenvalue weighted by Crippen LogP contribution is 2.08. The molecular weight excluding hydrogens is 385 g/mol. The number of rotatable bonds is 7. The van der Waals surface area contributed by atoms with E-state index in [1.54, 1.807) is 0 Å². The first-order valence-corrected chi connectivity index (χ1v) is 8.04. The summed E-state index contributed by atoms with van der Waals surface area (Å²) < 4.78 is 0. The number of aliphatic imine (C=N–C) groups is 1. The van der Waals surface area contributed by atoms with E-state index in [1.807, 2.05) is 7.05 Å². The molecule has 3 nitrogen and oxygen atoms in total. The molecule has 0 bridgehead atoms. The Bertz CT molecular complexity index is 449. The molecule has 0 atom stereocenters. The maximum absolute atomic E-state index is 4.28. The molecule has 0 spiro atoms. The summed E-state index contributed by atoms with van der Waals surface area (Å²) in [5.41, 5.74) is 1.44. The fraction of sp³-hybridized carbons (Fsp3) is 0.500. The van der Waals surface area contributed by atoms with E-state index >= 15 is 0 Å². The number of nitrogens with zero attached hydrogens (tertiary/aromatic N) is 1. The van der Waals surface area contributed by atoms with Crippen LogP contribution in [0.4, 0.5) is 0 Å². The highest BCUT2D eigenvalue weighted by Gasteiger charge is 2.10. The van der Waals surface area contributed by atoms with Gasteiger partial charge < -0.3 is 10.6 Å². The van der Waals surface area contributed by atoms with E-state index in [2.05, 4.69) is 58.1 Å². The Balaban J connectivity index is 0.00000242. The molecule has 1 aliphatic rings. The van der Waals surface area contributed by atoms with E-state index in [-0.39, 0.29) is 24.0 Å². The first kappa shape index (κ1) is 19.0. The van der Waals surface area contributed by atoms with Crippen molar-refractivity contribution in [1.82, 2.24) is 10.6 Å². The summed E-state index contributed by atoms with van der Waals surface area (Å²) in [6.45, 7) is 0.995. The average molecular weight is 413 g/mol. The normalized spacial score (nSPS) is 14.7. The van der Waals surface area contributed by atoms with E-state index in [9.17, 15) is 0 Å². The molecular formula is C18H28IN3. The van der Waals surface area contributed by atoms with Crippen LogP contribution in [0.1, 0.15) is 37.7 Å². The average Bonchev–Trinajstić information content (AvgIpc) is 3.03. The smallest absolute Gasteiger partial charge is 0.191 e. The molecule has 0 aliphatic heterocycles. The van der Waals surface area contributed by atoms with E-state index in [1.165, 1.54) is 31.2 Å². The molecule has 0 aromatic heterocycles. The largest absolute Gasteiger partial charge is 0.356 e. The Morgan fingerprint density at radius 2 is 1.82 bits per heavy atom. The molecule has 2 N–H and O–H groups in total. The quantitative estimate of drug-likeness (QED) is 0.234. The lowest BCUT2D eigenvalue weighted by atomic mass is 10.1. The van der Waals surface area contributed by atoms with Crippen molar-refractivity contribution in [1.29, 1.82) is 0 Å². The topological polar surface area (TPSA) is 36.4 Å². The van der Waals surface area contributed by atoms with Crippen LogP contribution in [0.3, 0.4) is 0 Å².